The minimum absolute atomic E-state index is 0.0470. The maximum atomic E-state index is 12.6. The van der Waals surface area contributed by atoms with Crippen molar-refractivity contribution in [2.75, 3.05) is 20.8 Å². The van der Waals surface area contributed by atoms with Crippen molar-refractivity contribution in [2.24, 2.45) is 0 Å². The van der Waals surface area contributed by atoms with Crippen LogP contribution in [0.4, 0.5) is 0 Å². The molecular formula is C19H18N2O3. The second kappa shape index (κ2) is 5.60. The molecule has 0 unspecified atom stereocenters. The van der Waals surface area contributed by atoms with E-state index in [1.807, 2.05) is 42.5 Å². The largest absolute Gasteiger partial charge is 0.493 e. The van der Waals surface area contributed by atoms with Gasteiger partial charge in [0.1, 0.15) is 5.69 Å². The van der Waals surface area contributed by atoms with Crippen molar-refractivity contribution < 1.29 is 14.3 Å². The summed E-state index contributed by atoms with van der Waals surface area (Å²) >= 11 is 0. The number of nitrogens with one attached hydrogen (secondary N) is 1. The number of carbonyl (C=O) groups is 1. The molecule has 24 heavy (non-hydrogen) atoms. The average Bonchev–Trinajstić information content (AvgIpc) is 2.96. The Hall–Kier alpha value is -2.95. The molecule has 0 saturated heterocycles. The maximum absolute atomic E-state index is 12.6. The molecule has 1 aliphatic heterocycles. The van der Waals surface area contributed by atoms with Gasteiger partial charge >= 0.3 is 0 Å². The van der Waals surface area contributed by atoms with Crippen molar-refractivity contribution >= 4 is 16.8 Å². The number of nitrogens with zero attached hydrogens (tertiary/aromatic N) is 1. The van der Waals surface area contributed by atoms with E-state index < -0.39 is 0 Å². The summed E-state index contributed by atoms with van der Waals surface area (Å²) in [7, 11) is 3.24. The van der Waals surface area contributed by atoms with Crippen LogP contribution in [0.1, 0.15) is 10.5 Å². The van der Waals surface area contributed by atoms with Crippen LogP contribution in [0.25, 0.3) is 22.0 Å². The van der Waals surface area contributed by atoms with Gasteiger partial charge in [0.15, 0.2) is 11.5 Å². The number of rotatable bonds is 3. The van der Waals surface area contributed by atoms with E-state index in [1.165, 1.54) is 0 Å². The number of benzene rings is 2. The van der Waals surface area contributed by atoms with Gasteiger partial charge in [-0.1, -0.05) is 30.3 Å². The first kappa shape index (κ1) is 14.6. The Balaban J connectivity index is 2.13. The molecule has 1 aliphatic rings. The zero-order valence-corrected chi connectivity index (χ0v) is 13.6. The molecule has 1 N–H and O–H groups in total. The zero-order chi connectivity index (χ0) is 16.7. The summed E-state index contributed by atoms with van der Waals surface area (Å²) in [5.41, 5.74) is 3.62. The zero-order valence-electron chi connectivity index (χ0n) is 13.6. The molecular weight excluding hydrogens is 304 g/mol. The van der Waals surface area contributed by atoms with E-state index in [1.54, 1.807) is 14.2 Å². The van der Waals surface area contributed by atoms with Crippen LogP contribution >= 0.6 is 0 Å². The van der Waals surface area contributed by atoms with Gasteiger partial charge in [0, 0.05) is 30.1 Å². The fraction of sp³-hybridized carbons (Fsp3) is 0.211. The number of aromatic nitrogens is 1. The molecule has 1 amide bonds. The van der Waals surface area contributed by atoms with Crippen molar-refractivity contribution in [1.82, 2.24) is 9.88 Å². The van der Waals surface area contributed by atoms with Crippen molar-refractivity contribution in [3.63, 3.8) is 0 Å². The molecule has 4 rings (SSSR count). The van der Waals surface area contributed by atoms with Crippen LogP contribution in [0.15, 0.2) is 42.5 Å². The maximum Gasteiger partial charge on any atom is 0.268 e. The molecule has 0 radical (unpaired) electrons. The SMILES string of the molecule is COc1cc2c(-c3ccccc3)c3n(c2cc1OC)CCNC3=O. The molecule has 0 fully saturated rings. The summed E-state index contributed by atoms with van der Waals surface area (Å²) in [5.74, 6) is 1.27. The molecule has 0 atom stereocenters. The number of fused-ring (bicyclic) bond motifs is 3. The number of hydrogen-bond acceptors (Lipinski definition) is 3. The lowest BCUT2D eigenvalue weighted by molar-refractivity contribution is 0.0930. The average molecular weight is 322 g/mol. The summed E-state index contributed by atoms with van der Waals surface area (Å²) < 4.78 is 13.0. The summed E-state index contributed by atoms with van der Waals surface area (Å²) in [5, 5.41) is 3.94. The van der Waals surface area contributed by atoms with Gasteiger partial charge < -0.3 is 19.4 Å². The molecule has 0 bridgehead atoms. The molecule has 2 heterocycles. The Morgan fingerprint density at radius 2 is 1.75 bits per heavy atom. The molecule has 2 aromatic carbocycles. The molecule has 0 saturated carbocycles. The van der Waals surface area contributed by atoms with Crippen LogP contribution in [0.5, 0.6) is 11.5 Å². The van der Waals surface area contributed by atoms with Crippen LogP contribution in [-0.2, 0) is 6.54 Å². The lowest BCUT2D eigenvalue weighted by Crippen LogP contribution is -2.35. The number of hydrogen-bond donors (Lipinski definition) is 1. The van der Waals surface area contributed by atoms with Crippen LogP contribution in [0.3, 0.4) is 0 Å². The highest BCUT2D eigenvalue weighted by Crippen LogP contribution is 2.41. The molecule has 0 aliphatic carbocycles. The molecule has 5 heteroatoms. The predicted octanol–water partition coefficient (Wildman–Crippen LogP) is 3.07. The normalized spacial score (nSPS) is 13.5. The summed E-state index contributed by atoms with van der Waals surface area (Å²) in [4.78, 5) is 12.6. The highest BCUT2D eigenvalue weighted by Gasteiger charge is 2.27. The number of ether oxygens (including phenoxy) is 2. The van der Waals surface area contributed by atoms with Gasteiger partial charge in [-0.2, -0.15) is 0 Å². The predicted molar refractivity (Wildman–Crippen MR) is 92.8 cm³/mol. The number of carbonyl (C=O) groups excluding carboxylic acids is 1. The Morgan fingerprint density at radius 1 is 1.04 bits per heavy atom. The van der Waals surface area contributed by atoms with Crippen LogP contribution in [0.2, 0.25) is 0 Å². The van der Waals surface area contributed by atoms with Gasteiger partial charge in [-0.25, -0.2) is 0 Å². The van der Waals surface area contributed by atoms with Gasteiger partial charge in [-0.15, -0.1) is 0 Å². The first-order chi connectivity index (χ1) is 11.7. The monoisotopic (exact) mass is 322 g/mol. The van der Waals surface area contributed by atoms with E-state index in [9.17, 15) is 4.79 Å². The molecule has 5 nitrogen and oxygen atoms in total. The lowest BCUT2D eigenvalue weighted by atomic mass is 10.0. The third kappa shape index (κ3) is 2.05. The van der Waals surface area contributed by atoms with Gasteiger partial charge in [-0.05, 0) is 11.6 Å². The number of methoxy groups -OCH3 is 2. The minimum atomic E-state index is -0.0470. The van der Waals surface area contributed by atoms with Gasteiger partial charge in [-0.3, -0.25) is 4.79 Å². The quantitative estimate of drug-likeness (QED) is 0.806. The first-order valence-electron chi connectivity index (χ1n) is 7.86. The Labute approximate surface area is 139 Å². The Kier molecular flexibility index (Phi) is 3.41. The van der Waals surface area contributed by atoms with Crippen molar-refractivity contribution in [2.45, 2.75) is 6.54 Å². The highest BCUT2D eigenvalue weighted by atomic mass is 16.5. The van der Waals surface area contributed by atoms with Crippen molar-refractivity contribution in [3.05, 3.63) is 48.2 Å². The second-order valence-corrected chi connectivity index (χ2v) is 5.72. The fourth-order valence-electron chi connectivity index (χ4n) is 3.41. The third-order valence-corrected chi connectivity index (χ3v) is 4.47. The van der Waals surface area contributed by atoms with Gasteiger partial charge in [0.05, 0.1) is 19.7 Å². The Bertz CT molecular complexity index is 929. The Morgan fingerprint density at radius 3 is 2.46 bits per heavy atom. The van der Waals surface area contributed by atoms with Gasteiger partial charge in [0.2, 0.25) is 0 Å². The topological polar surface area (TPSA) is 52.5 Å². The second-order valence-electron chi connectivity index (χ2n) is 5.72. The van der Waals surface area contributed by atoms with E-state index in [4.69, 9.17) is 9.47 Å². The summed E-state index contributed by atoms with van der Waals surface area (Å²) in [6, 6.07) is 13.9. The van der Waals surface area contributed by atoms with E-state index in [0.717, 1.165) is 28.6 Å². The number of amides is 1. The van der Waals surface area contributed by atoms with Crippen LogP contribution in [-0.4, -0.2) is 31.2 Å². The standard InChI is InChI=1S/C19H18N2O3/c1-23-15-10-13-14(11-16(15)24-2)21-9-8-20-19(22)18(21)17(13)12-6-4-3-5-7-12/h3-7,10-11H,8-9H2,1-2H3,(H,20,22). The first-order valence-corrected chi connectivity index (χ1v) is 7.86. The summed E-state index contributed by atoms with van der Waals surface area (Å²) in [6.45, 7) is 1.36. The highest BCUT2D eigenvalue weighted by molar-refractivity contribution is 6.11. The van der Waals surface area contributed by atoms with E-state index in [2.05, 4.69) is 9.88 Å². The molecule has 122 valence electrons. The smallest absolute Gasteiger partial charge is 0.268 e. The third-order valence-electron chi connectivity index (χ3n) is 4.47. The fourth-order valence-corrected chi connectivity index (χ4v) is 3.41. The van der Waals surface area contributed by atoms with Crippen molar-refractivity contribution in [3.8, 4) is 22.6 Å². The minimum Gasteiger partial charge on any atom is -0.493 e. The lowest BCUT2D eigenvalue weighted by Gasteiger charge is -2.18. The van der Waals surface area contributed by atoms with E-state index in [0.29, 0.717) is 23.7 Å². The van der Waals surface area contributed by atoms with E-state index >= 15 is 0 Å². The van der Waals surface area contributed by atoms with Crippen LogP contribution < -0.4 is 14.8 Å². The summed E-state index contributed by atoms with van der Waals surface area (Å²) in [6.07, 6.45) is 0. The molecule has 3 aromatic rings. The van der Waals surface area contributed by atoms with Crippen molar-refractivity contribution in [1.29, 1.82) is 0 Å². The molecule has 0 spiro atoms. The van der Waals surface area contributed by atoms with Gasteiger partial charge in [0.25, 0.3) is 5.91 Å². The van der Waals surface area contributed by atoms with E-state index in [-0.39, 0.29) is 5.91 Å². The molecule has 1 aromatic heterocycles. The van der Waals surface area contributed by atoms with Crippen LogP contribution in [0, 0.1) is 0 Å².